The molecule has 19 heavy (non-hydrogen) atoms. The summed E-state index contributed by atoms with van der Waals surface area (Å²) in [7, 11) is -3.74. The molecule has 0 atom stereocenters. The minimum absolute atomic E-state index is 0.0976. The molecule has 0 saturated heterocycles. The number of benzene rings is 1. The Morgan fingerprint density at radius 3 is 2.68 bits per heavy atom. The van der Waals surface area contributed by atoms with E-state index >= 15 is 0 Å². The topological polar surface area (TPSA) is 85.1 Å². The maximum atomic E-state index is 12.2. The first-order chi connectivity index (χ1) is 8.90. The normalized spacial score (nSPS) is 11.3. The molecule has 7 heteroatoms. The SMILES string of the molecule is Cc1cc(N)ccc1S(=O)(=O)Nc1ncccc1Cl. The van der Waals surface area contributed by atoms with Crippen LogP contribution in [0.2, 0.25) is 5.02 Å². The van der Waals surface area contributed by atoms with Gasteiger partial charge in [-0.15, -0.1) is 0 Å². The Hall–Kier alpha value is -1.79. The number of rotatable bonds is 3. The monoisotopic (exact) mass is 297 g/mol. The standard InChI is InChI=1S/C12H12ClN3O2S/c1-8-7-9(14)4-5-11(8)19(17,18)16-12-10(13)3-2-6-15-12/h2-7H,14H2,1H3,(H,15,16). The summed E-state index contributed by atoms with van der Waals surface area (Å²) < 4.78 is 26.8. The summed E-state index contributed by atoms with van der Waals surface area (Å²) in [5, 5.41) is 0.235. The second-order valence-electron chi connectivity index (χ2n) is 3.96. The Morgan fingerprint density at radius 2 is 2.05 bits per heavy atom. The molecule has 0 spiro atoms. The maximum absolute atomic E-state index is 12.2. The first-order valence-electron chi connectivity index (χ1n) is 5.39. The van der Waals surface area contributed by atoms with Crippen molar-refractivity contribution in [2.24, 2.45) is 0 Å². The summed E-state index contributed by atoms with van der Waals surface area (Å²) in [5.41, 5.74) is 6.66. The third-order valence-corrected chi connectivity index (χ3v) is 4.28. The van der Waals surface area contributed by atoms with Crippen LogP contribution in [0, 0.1) is 6.92 Å². The highest BCUT2D eigenvalue weighted by atomic mass is 35.5. The van der Waals surface area contributed by atoms with Crippen LogP contribution < -0.4 is 10.5 Å². The fourth-order valence-electron chi connectivity index (χ4n) is 1.62. The van der Waals surface area contributed by atoms with Gasteiger partial charge < -0.3 is 5.73 Å². The van der Waals surface area contributed by atoms with E-state index in [4.69, 9.17) is 17.3 Å². The van der Waals surface area contributed by atoms with E-state index in [1.807, 2.05) is 0 Å². The lowest BCUT2D eigenvalue weighted by Gasteiger charge is -2.10. The van der Waals surface area contributed by atoms with E-state index < -0.39 is 10.0 Å². The molecule has 100 valence electrons. The number of hydrogen-bond donors (Lipinski definition) is 2. The fourth-order valence-corrected chi connectivity index (χ4v) is 3.10. The predicted molar refractivity (Wildman–Crippen MR) is 75.6 cm³/mol. The number of nitrogens with zero attached hydrogens (tertiary/aromatic N) is 1. The van der Waals surface area contributed by atoms with Crippen LogP contribution in [0.4, 0.5) is 11.5 Å². The van der Waals surface area contributed by atoms with E-state index in [1.165, 1.54) is 18.3 Å². The Kier molecular flexibility index (Phi) is 3.64. The van der Waals surface area contributed by atoms with E-state index in [9.17, 15) is 8.42 Å². The van der Waals surface area contributed by atoms with Gasteiger partial charge in [0.05, 0.1) is 9.92 Å². The second-order valence-corrected chi connectivity index (χ2v) is 6.02. The highest BCUT2D eigenvalue weighted by molar-refractivity contribution is 7.92. The Morgan fingerprint density at radius 1 is 1.32 bits per heavy atom. The molecule has 2 aromatic rings. The number of pyridine rings is 1. The van der Waals surface area contributed by atoms with E-state index in [0.29, 0.717) is 11.3 Å². The molecule has 1 aromatic carbocycles. The summed E-state index contributed by atoms with van der Waals surface area (Å²) in [6.07, 6.45) is 1.46. The Bertz CT molecular complexity index is 717. The first-order valence-corrected chi connectivity index (χ1v) is 7.26. The molecule has 0 aliphatic carbocycles. The van der Waals surface area contributed by atoms with Crippen molar-refractivity contribution in [1.82, 2.24) is 4.98 Å². The number of hydrogen-bond acceptors (Lipinski definition) is 4. The summed E-state index contributed by atoms with van der Waals surface area (Å²) >= 11 is 5.87. The molecule has 3 N–H and O–H groups in total. The molecule has 0 saturated carbocycles. The van der Waals surface area contributed by atoms with Gasteiger partial charge in [-0.1, -0.05) is 11.6 Å². The Labute approximate surface area is 116 Å². The number of anilines is 2. The Balaban J connectivity index is 2.41. The van der Waals surface area contributed by atoms with Crippen LogP contribution in [-0.4, -0.2) is 13.4 Å². The van der Waals surface area contributed by atoms with E-state index in [2.05, 4.69) is 9.71 Å². The van der Waals surface area contributed by atoms with Gasteiger partial charge in [0.15, 0.2) is 5.82 Å². The van der Waals surface area contributed by atoms with E-state index in [-0.39, 0.29) is 15.7 Å². The van der Waals surface area contributed by atoms with Gasteiger partial charge in [0, 0.05) is 11.9 Å². The van der Waals surface area contributed by atoms with Gasteiger partial charge in [0.1, 0.15) is 0 Å². The van der Waals surface area contributed by atoms with Gasteiger partial charge in [0.2, 0.25) is 0 Å². The highest BCUT2D eigenvalue weighted by Gasteiger charge is 2.18. The van der Waals surface area contributed by atoms with Crippen molar-refractivity contribution in [1.29, 1.82) is 0 Å². The van der Waals surface area contributed by atoms with Crippen LogP contribution in [0.5, 0.6) is 0 Å². The maximum Gasteiger partial charge on any atom is 0.263 e. The molecule has 0 aliphatic rings. The lowest BCUT2D eigenvalue weighted by molar-refractivity contribution is 0.600. The van der Waals surface area contributed by atoms with Crippen LogP contribution in [0.15, 0.2) is 41.4 Å². The van der Waals surface area contributed by atoms with Gasteiger partial charge in [-0.05, 0) is 42.8 Å². The first kappa shape index (κ1) is 13.6. The summed E-state index contributed by atoms with van der Waals surface area (Å²) in [4.78, 5) is 4.03. The highest BCUT2D eigenvalue weighted by Crippen LogP contribution is 2.24. The zero-order chi connectivity index (χ0) is 14.0. The number of halogens is 1. The zero-order valence-corrected chi connectivity index (χ0v) is 11.7. The van der Waals surface area contributed by atoms with Crippen molar-refractivity contribution in [2.45, 2.75) is 11.8 Å². The van der Waals surface area contributed by atoms with Crippen molar-refractivity contribution in [2.75, 3.05) is 10.5 Å². The average molecular weight is 298 g/mol. The van der Waals surface area contributed by atoms with Gasteiger partial charge in [-0.25, -0.2) is 13.4 Å². The number of nitrogens with one attached hydrogen (secondary N) is 1. The molecular formula is C12H12ClN3O2S. The van der Waals surface area contributed by atoms with Crippen molar-refractivity contribution >= 4 is 33.1 Å². The van der Waals surface area contributed by atoms with Gasteiger partial charge >= 0.3 is 0 Å². The summed E-state index contributed by atoms with van der Waals surface area (Å²) in [5.74, 6) is 0.0976. The van der Waals surface area contributed by atoms with Crippen molar-refractivity contribution in [3.8, 4) is 0 Å². The van der Waals surface area contributed by atoms with Crippen molar-refractivity contribution in [3.05, 3.63) is 47.1 Å². The molecule has 0 amide bonds. The molecule has 5 nitrogen and oxygen atoms in total. The molecule has 0 radical (unpaired) electrons. The third-order valence-electron chi connectivity index (χ3n) is 2.48. The molecule has 0 fully saturated rings. The van der Waals surface area contributed by atoms with E-state index in [0.717, 1.165) is 0 Å². The van der Waals surface area contributed by atoms with Crippen LogP contribution >= 0.6 is 11.6 Å². The molecule has 0 aliphatic heterocycles. The molecule has 2 rings (SSSR count). The number of aromatic nitrogens is 1. The number of nitrogen functional groups attached to an aromatic ring is 1. The van der Waals surface area contributed by atoms with Gasteiger partial charge in [-0.3, -0.25) is 4.72 Å². The van der Waals surface area contributed by atoms with Crippen LogP contribution in [-0.2, 0) is 10.0 Å². The largest absolute Gasteiger partial charge is 0.399 e. The van der Waals surface area contributed by atoms with E-state index in [1.54, 1.807) is 25.1 Å². The minimum Gasteiger partial charge on any atom is -0.399 e. The predicted octanol–water partition coefficient (Wildman–Crippen LogP) is 2.43. The fraction of sp³-hybridized carbons (Fsp3) is 0.0833. The summed E-state index contributed by atoms with van der Waals surface area (Å²) in [6.45, 7) is 1.67. The van der Waals surface area contributed by atoms with Gasteiger partial charge in [-0.2, -0.15) is 0 Å². The van der Waals surface area contributed by atoms with Gasteiger partial charge in [0.25, 0.3) is 10.0 Å². The van der Waals surface area contributed by atoms with Crippen LogP contribution in [0.3, 0.4) is 0 Å². The molecule has 0 bridgehead atoms. The minimum atomic E-state index is -3.74. The smallest absolute Gasteiger partial charge is 0.263 e. The number of nitrogens with two attached hydrogens (primary N) is 1. The zero-order valence-electron chi connectivity index (χ0n) is 10.1. The van der Waals surface area contributed by atoms with Crippen LogP contribution in [0.25, 0.3) is 0 Å². The lowest BCUT2D eigenvalue weighted by atomic mass is 10.2. The van der Waals surface area contributed by atoms with Crippen molar-refractivity contribution < 1.29 is 8.42 Å². The average Bonchev–Trinajstić information content (AvgIpc) is 2.31. The third kappa shape index (κ3) is 2.97. The molecule has 0 unspecified atom stereocenters. The second kappa shape index (κ2) is 5.07. The molecule has 1 heterocycles. The summed E-state index contributed by atoms with van der Waals surface area (Å²) in [6, 6.07) is 7.75. The number of sulfonamides is 1. The molecular weight excluding hydrogens is 286 g/mol. The van der Waals surface area contributed by atoms with Crippen LogP contribution in [0.1, 0.15) is 5.56 Å². The lowest BCUT2D eigenvalue weighted by Crippen LogP contribution is -2.15. The van der Waals surface area contributed by atoms with Crippen molar-refractivity contribution in [3.63, 3.8) is 0 Å². The molecule has 1 aromatic heterocycles. The quantitative estimate of drug-likeness (QED) is 0.852. The number of aryl methyl sites for hydroxylation is 1.